The predicted molar refractivity (Wildman–Crippen MR) is 62.1 cm³/mol. The third kappa shape index (κ3) is 3.99. The summed E-state index contributed by atoms with van der Waals surface area (Å²) in [5.74, 6) is 0. The molecule has 0 saturated heterocycles. The van der Waals surface area contributed by atoms with Crippen molar-refractivity contribution in [2.45, 2.75) is 44.8 Å². The van der Waals surface area contributed by atoms with Gasteiger partial charge < -0.3 is 9.84 Å². The highest BCUT2D eigenvalue weighted by molar-refractivity contribution is 5.18. The molecule has 2 nitrogen and oxygen atoms in total. The summed E-state index contributed by atoms with van der Waals surface area (Å²) in [5, 5.41) is 10.0. The molecule has 0 radical (unpaired) electrons. The summed E-state index contributed by atoms with van der Waals surface area (Å²) in [6.07, 6.45) is -7.92. The van der Waals surface area contributed by atoms with E-state index in [9.17, 15) is 18.3 Å². The third-order valence-electron chi connectivity index (χ3n) is 2.74. The van der Waals surface area contributed by atoms with E-state index in [1.807, 2.05) is 0 Å². The molecule has 0 amide bonds. The number of aliphatic hydroxyl groups is 1. The predicted octanol–water partition coefficient (Wildman–Crippen LogP) is 3.47. The van der Waals surface area contributed by atoms with Gasteiger partial charge in [0.1, 0.15) is 6.10 Å². The summed E-state index contributed by atoms with van der Waals surface area (Å²) < 4.78 is 42.1. The highest BCUT2D eigenvalue weighted by Gasteiger charge is 2.39. The van der Waals surface area contributed by atoms with Crippen LogP contribution in [0.2, 0.25) is 0 Å². The van der Waals surface area contributed by atoms with Gasteiger partial charge in [-0.05, 0) is 18.9 Å². The zero-order chi connectivity index (χ0) is 13.8. The van der Waals surface area contributed by atoms with Crippen molar-refractivity contribution in [3.05, 3.63) is 35.9 Å². The molecular formula is C13H17F3O2. The highest BCUT2D eigenvalue weighted by Crippen LogP contribution is 2.28. The van der Waals surface area contributed by atoms with E-state index in [1.165, 1.54) is 0 Å². The minimum atomic E-state index is -4.41. The lowest BCUT2D eigenvalue weighted by atomic mass is 10.0. The van der Waals surface area contributed by atoms with Crippen LogP contribution in [0.3, 0.4) is 0 Å². The Balaban J connectivity index is 2.72. The maximum absolute atomic E-state index is 12.4. The molecule has 102 valence electrons. The number of ether oxygens (including phenoxy) is 1. The van der Waals surface area contributed by atoms with Crippen molar-refractivity contribution >= 4 is 0 Å². The Morgan fingerprint density at radius 1 is 1.22 bits per heavy atom. The monoisotopic (exact) mass is 262 g/mol. The molecule has 3 atom stereocenters. The molecule has 0 heterocycles. The van der Waals surface area contributed by atoms with Crippen LogP contribution in [-0.2, 0) is 4.74 Å². The van der Waals surface area contributed by atoms with Gasteiger partial charge in [0, 0.05) is 0 Å². The Kier molecular flexibility index (Phi) is 5.16. The van der Waals surface area contributed by atoms with Crippen LogP contribution in [0, 0.1) is 0 Å². The van der Waals surface area contributed by atoms with Crippen molar-refractivity contribution in [1.29, 1.82) is 0 Å². The number of hydrogen-bond acceptors (Lipinski definition) is 2. The topological polar surface area (TPSA) is 29.5 Å². The minimum Gasteiger partial charge on any atom is -0.386 e. The molecule has 0 aliphatic carbocycles. The maximum atomic E-state index is 12.4. The van der Waals surface area contributed by atoms with Crippen LogP contribution >= 0.6 is 0 Å². The fourth-order valence-electron chi connectivity index (χ4n) is 1.60. The molecule has 0 aliphatic rings. The van der Waals surface area contributed by atoms with Crippen molar-refractivity contribution < 1.29 is 23.0 Å². The van der Waals surface area contributed by atoms with E-state index in [-0.39, 0.29) is 0 Å². The molecule has 0 bridgehead atoms. The van der Waals surface area contributed by atoms with Gasteiger partial charge in [0.25, 0.3) is 0 Å². The van der Waals surface area contributed by atoms with Crippen molar-refractivity contribution in [1.82, 2.24) is 0 Å². The largest absolute Gasteiger partial charge is 0.414 e. The summed E-state index contributed by atoms with van der Waals surface area (Å²) in [5.41, 5.74) is 0.554. The van der Waals surface area contributed by atoms with Gasteiger partial charge in [0.2, 0.25) is 0 Å². The fraction of sp³-hybridized carbons (Fsp3) is 0.538. The number of rotatable bonds is 5. The molecule has 0 saturated carbocycles. The van der Waals surface area contributed by atoms with Crippen LogP contribution in [0.4, 0.5) is 13.2 Å². The SMILES string of the molecule is CCC(OC(C)C(F)(F)F)C(O)c1ccccc1. The lowest BCUT2D eigenvalue weighted by molar-refractivity contribution is -0.236. The van der Waals surface area contributed by atoms with Gasteiger partial charge in [0.05, 0.1) is 6.10 Å². The Bertz CT molecular complexity index is 351. The molecule has 1 N–H and O–H groups in total. The quantitative estimate of drug-likeness (QED) is 0.880. The first-order chi connectivity index (χ1) is 8.36. The summed E-state index contributed by atoms with van der Waals surface area (Å²) in [6.45, 7) is 2.63. The minimum absolute atomic E-state index is 0.302. The fourth-order valence-corrected chi connectivity index (χ4v) is 1.60. The van der Waals surface area contributed by atoms with E-state index in [0.717, 1.165) is 6.92 Å². The molecule has 1 aromatic rings. The maximum Gasteiger partial charge on any atom is 0.414 e. The molecule has 18 heavy (non-hydrogen) atoms. The summed E-state index contributed by atoms with van der Waals surface area (Å²) in [7, 11) is 0. The number of aliphatic hydroxyl groups excluding tert-OH is 1. The Morgan fingerprint density at radius 3 is 2.22 bits per heavy atom. The van der Waals surface area contributed by atoms with Gasteiger partial charge in [-0.3, -0.25) is 0 Å². The average Bonchev–Trinajstić information content (AvgIpc) is 2.34. The Hall–Kier alpha value is -1.07. The molecule has 0 spiro atoms. The van der Waals surface area contributed by atoms with Gasteiger partial charge in [-0.25, -0.2) is 0 Å². The number of hydrogen-bond donors (Lipinski definition) is 1. The molecular weight excluding hydrogens is 245 g/mol. The molecule has 0 aromatic heterocycles. The van der Waals surface area contributed by atoms with Crippen LogP contribution < -0.4 is 0 Å². The van der Waals surface area contributed by atoms with Crippen LogP contribution in [-0.4, -0.2) is 23.5 Å². The summed E-state index contributed by atoms with van der Waals surface area (Å²) >= 11 is 0. The molecule has 5 heteroatoms. The molecule has 1 aromatic carbocycles. The molecule has 0 fully saturated rings. The zero-order valence-corrected chi connectivity index (χ0v) is 10.3. The Morgan fingerprint density at radius 2 is 1.78 bits per heavy atom. The normalized spacial score (nSPS) is 17.2. The van der Waals surface area contributed by atoms with Gasteiger partial charge in [-0.1, -0.05) is 37.3 Å². The van der Waals surface area contributed by atoms with Crippen molar-refractivity contribution in [2.75, 3.05) is 0 Å². The van der Waals surface area contributed by atoms with E-state index in [1.54, 1.807) is 37.3 Å². The second-order valence-corrected chi connectivity index (χ2v) is 4.12. The first kappa shape index (κ1) is 15.0. The van der Waals surface area contributed by atoms with Crippen molar-refractivity contribution in [2.24, 2.45) is 0 Å². The molecule has 3 unspecified atom stereocenters. The number of alkyl halides is 3. The van der Waals surface area contributed by atoms with E-state index in [2.05, 4.69) is 0 Å². The van der Waals surface area contributed by atoms with Gasteiger partial charge >= 0.3 is 6.18 Å². The summed E-state index contributed by atoms with van der Waals surface area (Å²) in [6, 6.07) is 8.54. The van der Waals surface area contributed by atoms with Crippen LogP contribution in [0.25, 0.3) is 0 Å². The molecule has 0 aliphatic heterocycles. The Labute approximate surface area is 104 Å². The van der Waals surface area contributed by atoms with Gasteiger partial charge in [-0.2, -0.15) is 13.2 Å². The number of halogens is 3. The van der Waals surface area contributed by atoms with E-state index >= 15 is 0 Å². The lowest BCUT2D eigenvalue weighted by Gasteiger charge is -2.27. The van der Waals surface area contributed by atoms with Gasteiger partial charge in [0.15, 0.2) is 6.10 Å². The molecule has 1 rings (SSSR count). The smallest absolute Gasteiger partial charge is 0.386 e. The van der Waals surface area contributed by atoms with Crippen LogP contribution in [0.1, 0.15) is 31.9 Å². The van der Waals surface area contributed by atoms with Crippen molar-refractivity contribution in [3.63, 3.8) is 0 Å². The van der Waals surface area contributed by atoms with E-state index in [4.69, 9.17) is 4.74 Å². The number of benzene rings is 1. The zero-order valence-electron chi connectivity index (χ0n) is 10.3. The average molecular weight is 262 g/mol. The van der Waals surface area contributed by atoms with Crippen LogP contribution in [0.5, 0.6) is 0 Å². The summed E-state index contributed by atoms with van der Waals surface area (Å²) in [4.78, 5) is 0. The third-order valence-corrected chi connectivity index (χ3v) is 2.74. The second-order valence-electron chi connectivity index (χ2n) is 4.12. The van der Waals surface area contributed by atoms with E-state index in [0.29, 0.717) is 12.0 Å². The van der Waals surface area contributed by atoms with Gasteiger partial charge in [-0.15, -0.1) is 0 Å². The van der Waals surface area contributed by atoms with Crippen molar-refractivity contribution in [3.8, 4) is 0 Å². The second kappa shape index (κ2) is 6.20. The standard InChI is InChI=1S/C13H17F3O2/c1-3-11(18-9(2)13(14,15)16)12(17)10-7-5-4-6-8-10/h4-9,11-12,17H,3H2,1-2H3. The van der Waals surface area contributed by atoms with Crippen LogP contribution in [0.15, 0.2) is 30.3 Å². The highest BCUT2D eigenvalue weighted by atomic mass is 19.4. The lowest BCUT2D eigenvalue weighted by Crippen LogP contribution is -2.35. The first-order valence-electron chi connectivity index (χ1n) is 5.81. The first-order valence-corrected chi connectivity index (χ1v) is 5.81. The van der Waals surface area contributed by atoms with E-state index < -0.39 is 24.5 Å².